The standard InChI is InChI=1S/C17H23N3O4/c1-17(2,3)19-15(22)11-18-14(21)9-6-10-20-12-7-4-5-8-13(12)24-16(20)23/h4-5,7-8H,6,9-11H2,1-3H3,(H,18,21)(H,19,22). The second-order valence-electron chi connectivity index (χ2n) is 6.67. The number of carbonyl (C=O) groups is 2. The number of nitrogens with one attached hydrogen (secondary N) is 2. The summed E-state index contributed by atoms with van der Waals surface area (Å²) in [7, 11) is 0. The van der Waals surface area contributed by atoms with Crippen LogP contribution in [0.1, 0.15) is 33.6 Å². The Hall–Kier alpha value is -2.57. The van der Waals surface area contributed by atoms with E-state index in [0.29, 0.717) is 24.1 Å². The summed E-state index contributed by atoms with van der Waals surface area (Å²) in [4.78, 5) is 35.2. The van der Waals surface area contributed by atoms with E-state index < -0.39 is 5.76 Å². The maximum atomic E-state index is 11.8. The molecule has 0 saturated carbocycles. The number of aryl methyl sites for hydroxylation is 1. The van der Waals surface area contributed by atoms with Crippen LogP contribution in [-0.2, 0) is 16.1 Å². The maximum Gasteiger partial charge on any atom is 0.419 e. The van der Waals surface area contributed by atoms with Crippen molar-refractivity contribution in [3.63, 3.8) is 0 Å². The van der Waals surface area contributed by atoms with E-state index in [9.17, 15) is 14.4 Å². The number of amides is 2. The average Bonchev–Trinajstić information content (AvgIpc) is 2.79. The van der Waals surface area contributed by atoms with Gasteiger partial charge in [-0.05, 0) is 39.3 Å². The van der Waals surface area contributed by atoms with Gasteiger partial charge in [0.25, 0.3) is 0 Å². The zero-order chi connectivity index (χ0) is 17.7. The van der Waals surface area contributed by atoms with Crippen LogP contribution in [0.25, 0.3) is 11.1 Å². The monoisotopic (exact) mass is 333 g/mol. The van der Waals surface area contributed by atoms with Crippen LogP contribution in [0.3, 0.4) is 0 Å². The molecule has 2 amide bonds. The second-order valence-corrected chi connectivity index (χ2v) is 6.67. The van der Waals surface area contributed by atoms with Gasteiger partial charge >= 0.3 is 5.76 Å². The summed E-state index contributed by atoms with van der Waals surface area (Å²) in [5.41, 5.74) is 0.920. The fourth-order valence-electron chi connectivity index (χ4n) is 2.35. The van der Waals surface area contributed by atoms with E-state index in [1.807, 2.05) is 26.8 Å². The molecule has 0 saturated heterocycles. The Morgan fingerprint density at radius 3 is 2.58 bits per heavy atom. The van der Waals surface area contributed by atoms with Gasteiger partial charge in [-0.2, -0.15) is 0 Å². The first-order valence-electron chi connectivity index (χ1n) is 7.92. The molecule has 2 aromatic rings. The van der Waals surface area contributed by atoms with Crippen LogP contribution in [-0.4, -0.2) is 28.5 Å². The van der Waals surface area contributed by atoms with Gasteiger partial charge in [0.1, 0.15) is 0 Å². The largest absolute Gasteiger partial charge is 0.419 e. The van der Waals surface area contributed by atoms with E-state index >= 15 is 0 Å². The SMILES string of the molecule is CC(C)(C)NC(=O)CNC(=O)CCCn1c(=O)oc2ccccc21. The topological polar surface area (TPSA) is 93.3 Å². The molecule has 0 spiro atoms. The van der Waals surface area contributed by atoms with Crippen molar-refractivity contribution in [1.82, 2.24) is 15.2 Å². The number of hydrogen-bond donors (Lipinski definition) is 2. The molecule has 1 aromatic carbocycles. The molecule has 0 aliphatic rings. The van der Waals surface area contributed by atoms with E-state index in [1.165, 1.54) is 4.57 Å². The highest BCUT2D eigenvalue weighted by Gasteiger charge is 2.14. The van der Waals surface area contributed by atoms with Crippen LogP contribution in [0.4, 0.5) is 0 Å². The lowest BCUT2D eigenvalue weighted by molar-refractivity contribution is -0.126. The Morgan fingerprint density at radius 1 is 1.17 bits per heavy atom. The molecule has 0 atom stereocenters. The Labute approximate surface area is 140 Å². The number of oxazole rings is 1. The summed E-state index contributed by atoms with van der Waals surface area (Å²) < 4.78 is 6.64. The van der Waals surface area contributed by atoms with E-state index in [2.05, 4.69) is 10.6 Å². The summed E-state index contributed by atoms with van der Waals surface area (Å²) in [5.74, 6) is -0.881. The molecule has 0 unspecified atom stereocenters. The third-order valence-corrected chi connectivity index (χ3v) is 3.32. The molecular formula is C17H23N3O4. The van der Waals surface area contributed by atoms with Gasteiger partial charge in [0.15, 0.2) is 5.58 Å². The second kappa shape index (κ2) is 7.33. The lowest BCUT2D eigenvalue weighted by Gasteiger charge is -2.20. The van der Waals surface area contributed by atoms with E-state index in [4.69, 9.17) is 4.42 Å². The fourth-order valence-corrected chi connectivity index (χ4v) is 2.35. The first kappa shape index (κ1) is 17.8. The molecule has 0 aliphatic carbocycles. The van der Waals surface area contributed by atoms with Crippen LogP contribution in [0.15, 0.2) is 33.5 Å². The molecule has 0 bridgehead atoms. The smallest absolute Gasteiger partial charge is 0.408 e. The van der Waals surface area contributed by atoms with Crippen molar-refractivity contribution in [2.24, 2.45) is 0 Å². The lowest BCUT2D eigenvalue weighted by Crippen LogP contribution is -2.45. The van der Waals surface area contributed by atoms with Crippen molar-refractivity contribution in [2.45, 2.75) is 45.7 Å². The van der Waals surface area contributed by atoms with Gasteiger partial charge in [0.2, 0.25) is 11.8 Å². The average molecular weight is 333 g/mol. The fraction of sp³-hybridized carbons (Fsp3) is 0.471. The third kappa shape index (κ3) is 4.97. The number of benzene rings is 1. The quantitative estimate of drug-likeness (QED) is 0.836. The summed E-state index contributed by atoms with van der Waals surface area (Å²) >= 11 is 0. The zero-order valence-electron chi connectivity index (χ0n) is 14.2. The minimum atomic E-state index is -0.429. The summed E-state index contributed by atoms with van der Waals surface area (Å²) in [6.45, 7) is 5.96. The Morgan fingerprint density at radius 2 is 1.88 bits per heavy atom. The van der Waals surface area contributed by atoms with Crippen LogP contribution in [0.5, 0.6) is 0 Å². The summed E-state index contributed by atoms with van der Waals surface area (Å²) in [6.07, 6.45) is 0.713. The molecule has 7 nitrogen and oxygen atoms in total. The van der Waals surface area contributed by atoms with Crippen molar-refractivity contribution in [2.75, 3.05) is 6.54 Å². The lowest BCUT2D eigenvalue weighted by atomic mass is 10.1. The van der Waals surface area contributed by atoms with Gasteiger partial charge in [-0.3, -0.25) is 14.2 Å². The molecule has 1 heterocycles. The van der Waals surface area contributed by atoms with E-state index in [0.717, 1.165) is 0 Å². The van der Waals surface area contributed by atoms with Crippen molar-refractivity contribution < 1.29 is 14.0 Å². The van der Waals surface area contributed by atoms with Crippen LogP contribution in [0.2, 0.25) is 0 Å². The van der Waals surface area contributed by atoms with Gasteiger partial charge in [0, 0.05) is 18.5 Å². The van der Waals surface area contributed by atoms with Crippen molar-refractivity contribution in [3.05, 3.63) is 34.8 Å². The third-order valence-electron chi connectivity index (χ3n) is 3.32. The highest BCUT2D eigenvalue weighted by atomic mass is 16.4. The first-order valence-corrected chi connectivity index (χ1v) is 7.92. The van der Waals surface area contributed by atoms with Gasteiger partial charge in [-0.1, -0.05) is 12.1 Å². The van der Waals surface area contributed by atoms with Crippen LogP contribution < -0.4 is 16.4 Å². The molecule has 7 heteroatoms. The molecule has 24 heavy (non-hydrogen) atoms. The molecule has 0 radical (unpaired) electrons. The number of hydrogen-bond acceptors (Lipinski definition) is 4. The van der Waals surface area contributed by atoms with E-state index in [1.54, 1.807) is 18.2 Å². The van der Waals surface area contributed by atoms with Crippen LogP contribution >= 0.6 is 0 Å². The molecule has 2 rings (SSSR count). The predicted molar refractivity (Wildman–Crippen MR) is 90.6 cm³/mol. The minimum absolute atomic E-state index is 0.0509. The molecule has 1 aromatic heterocycles. The van der Waals surface area contributed by atoms with Gasteiger partial charge in [0.05, 0.1) is 12.1 Å². The molecule has 0 fully saturated rings. The normalized spacial score (nSPS) is 11.5. The van der Waals surface area contributed by atoms with Gasteiger partial charge < -0.3 is 15.1 Å². The number of fused-ring (bicyclic) bond motifs is 1. The highest BCUT2D eigenvalue weighted by molar-refractivity contribution is 5.84. The summed E-state index contributed by atoms with van der Waals surface area (Å²) in [6, 6.07) is 7.16. The van der Waals surface area contributed by atoms with E-state index in [-0.39, 0.29) is 30.3 Å². The Kier molecular flexibility index (Phi) is 5.43. The maximum absolute atomic E-state index is 11.8. The number of nitrogens with zero attached hydrogens (tertiary/aromatic N) is 1. The minimum Gasteiger partial charge on any atom is -0.408 e. The summed E-state index contributed by atoms with van der Waals surface area (Å²) in [5, 5.41) is 5.34. The number of rotatable bonds is 6. The Balaban J connectivity index is 1.79. The van der Waals surface area contributed by atoms with Crippen molar-refractivity contribution >= 4 is 22.9 Å². The number of aromatic nitrogens is 1. The van der Waals surface area contributed by atoms with Gasteiger partial charge in [-0.15, -0.1) is 0 Å². The Bertz CT molecular complexity index is 783. The molecule has 0 aliphatic heterocycles. The first-order chi connectivity index (χ1) is 11.3. The highest BCUT2D eigenvalue weighted by Crippen LogP contribution is 2.12. The van der Waals surface area contributed by atoms with Gasteiger partial charge in [-0.25, -0.2) is 4.79 Å². The van der Waals surface area contributed by atoms with Crippen LogP contribution in [0, 0.1) is 0 Å². The predicted octanol–water partition coefficient (Wildman–Crippen LogP) is 1.41. The molecule has 2 N–H and O–H groups in total. The van der Waals surface area contributed by atoms with Crippen molar-refractivity contribution in [3.8, 4) is 0 Å². The molecular weight excluding hydrogens is 310 g/mol. The van der Waals surface area contributed by atoms with Crippen molar-refractivity contribution in [1.29, 1.82) is 0 Å². The number of para-hydroxylation sites is 2. The molecule has 130 valence electrons. The number of carbonyl (C=O) groups excluding carboxylic acids is 2. The zero-order valence-corrected chi connectivity index (χ0v) is 14.2.